The summed E-state index contributed by atoms with van der Waals surface area (Å²) in [6.45, 7) is 10.6. The Kier molecular flexibility index (Phi) is 8.63. The summed E-state index contributed by atoms with van der Waals surface area (Å²) in [6.07, 6.45) is 4.77. The van der Waals surface area contributed by atoms with Gasteiger partial charge < -0.3 is 14.2 Å². The third-order valence-electron chi connectivity index (χ3n) is 6.17. The van der Waals surface area contributed by atoms with Gasteiger partial charge in [0.05, 0.1) is 42.2 Å². The van der Waals surface area contributed by atoms with Crippen molar-refractivity contribution in [1.82, 2.24) is 4.57 Å². The van der Waals surface area contributed by atoms with Crippen LogP contribution in [-0.2, 0) is 16.0 Å². The zero-order valence-electron chi connectivity index (χ0n) is 22.2. The standard InChI is InChI=1S/C30H32N2O5S/c1-6-13-21-16-19(17-23(36-8-3)27(21)37-9-4)18-24-28(33)32-26(20-14-11-10-12-15-20)25(29(34)35-5)22(7-2)31-30(32)38-24/h6,10-12,14-18,26H,1,7-9,13H2,2-5H3/b24-18-/t26-/m1/s1. The molecule has 0 saturated carbocycles. The van der Waals surface area contributed by atoms with Crippen LogP contribution in [0.1, 0.15) is 49.9 Å². The van der Waals surface area contributed by atoms with Crippen LogP contribution < -0.4 is 24.4 Å². The van der Waals surface area contributed by atoms with E-state index in [4.69, 9.17) is 19.2 Å². The molecule has 8 heteroatoms. The van der Waals surface area contributed by atoms with E-state index >= 15 is 0 Å². The van der Waals surface area contributed by atoms with Crippen LogP contribution in [0.3, 0.4) is 0 Å². The second-order valence-corrected chi connectivity index (χ2v) is 9.57. The van der Waals surface area contributed by atoms with Crippen molar-refractivity contribution in [2.24, 2.45) is 4.99 Å². The normalized spacial score (nSPS) is 15.1. The van der Waals surface area contributed by atoms with Gasteiger partial charge in [0.25, 0.3) is 5.56 Å². The molecule has 2 aromatic carbocycles. The lowest BCUT2D eigenvalue weighted by Gasteiger charge is -2.25. The molecule has 0 spiro atoms. The fraction of sp³-hybridized carbons (Fsp3) is 0.300. The number of aromatic nitrogens is 1. The Hall–Kier alpha value is -3.91. The first kappa shape index (κ1) is 27.1. The zero-order valence-corrected chi connectivity index (χ0v) is 23.0. The lowest BCUT2D eigenvalue weighted by molar-refractivity contribution is -0.136. The Bertz CT molecular complexity index is 1550. The Morgan fingerprint density at radius 2 is 1.87 bits per heavy atom. The Morgan fingerprint density at radius 3 is 2.50 bits per heavy atom. The average molecular weight is 533 g/mol. The summed E-state index contributed by atoms with van der Waals surface area (Å²) in [4.78, 5) is 32.1. The average Bonchev–Trinajstić information content (AvgIpc) is 3.24. The minimum atomic E-state index is -0.632. The van der Waals surface area contributed by atoms with Gasteiger partial charge in [-0.15, -0.1) is 6.58 Å². The summed E-state index contributed by atoms with van der Waals surface area (Å²) in [6, 6.07) is 12.7. The number of carbonyl (C=O) groups is 1. The number of allylic oxidation sites excluding steroid dienone is 2. The van der Waals surface area contributed by atoms with E-state index in [-0.39, 0.29) is 5.56 Å². The van der Waals surface area contributed by atoms with Gasteiger partial charge >= 0.3 is 5.97 Å². The van der Waals surface area contributed by atoms with Gasteiger partial charge in [-0.3, -0.25) is 9.36 Å². The number of methoxy groups -OCH3 is 1. The van der Waals surface area contributed by atoms with Gasteiger partial charge in [-0.25, -0.2) is 9.79 Å². The second-order valence-electron chi connectivity index (χ2n) is 8.57. The molecule has 0 saturated heterocycles. The van der Waals surface area contributed by atoms with E-state index in [9.17, 15) is 9.59 Å². The van der Waals surface area contributed by atoms with Gasteiger partial charge in [-0.05, 0) is 56.0 Å². The molecule has 0 radical (unpaired) electrons. The number of esters is 1. The number of nitrogens with zero attached hydrogens (tertiary/aromatic N) is 2. The molecule has 0 bridgehead atoms. The predicted molar refractivity (Wildman–Crippen MR) is 150 cm³/mol. The highest BCUT2D eigenvalue weighted by Crippen LogP contribution is 2.35. The lowest BCUT2D eigenvalue weighted by Crippen LogP contribution is -2.40. The maximum absolute atomic E-state index is 13.9. The highest BCUT2D eigenvalue weighted by molar-refractivity contribution is 7.07. The van der Waals surface area contributed by atoms with Crippen LogP contribution in [0.5, 0.6) is 11.5 Å². The van der Waals surface area contributed by atoms with Crippen molar-refractivity contribution >= 4 is 23.4 Å². The summed E-state index contributed by atoms with van der Waals surface area (Å²) in [5.74, 6) is 0.819. The number of rotatable bonds is 10. The summed E-state index contributed by atoms with van der Waals surface area (Å²) >= 11 is 1.30. The minimum absolute atomic E-state index is 0.226. The molecule has 1 aromatic heterocycles. The SMILES string of the molecule is C=CCc1cc(/C=c2\sc3n(c2=O)[C@H](c2ccccc2)C(C(=O)OC)=C(CC)N=3)cc(OCC)c1OCC. The quantitative estimate of drug-likeness (QED) is 0.287. The Labute approximate surface area is 226 Å². The number of benzene rings is 2. The number of hydrogen-bond donors (Lipinski definition) is 0. The smallest absolute Gasteiger partial charge is 0.338 e. The van der Waals surface area contributed by atoms with Gasteiger partial charge in [-0.2, -0.15) is 0 Å². The van der Waals surface area contributed by atoms with Crippen LogP contribution >= 0.6 is 11.3 Å². The van der Waals surface area contributed by atoms with E-state index in [2.05, 4.69) is 6.58 Å². The molecule has 3 aromatic rings. The van der Waals surface area contributed by atoms with Crippen LogP contribution in [0.15, 0.2) is 76.2 Å². The molecule has 7 nitrogen and oxygen atoms in total. The first-order valence-electron chi connectivity index (χ1n) is 12.7. The maximum Gasteiger partial charge on any atom is 0.338 e. The molecule has 0 aliphatic carbocycles. The molecule has 4 rings (SSSR count). The van der Waals surface area contributed by atoms with Crippen LogP contribution in [0, 0.1) is 0 Å². The molecule has 0 amide bonds. The van der Waals surface area contributed by atoms with Crippen molar-refractivity contribution in [3.8, 4) is 11.5 Å². The maximum atomic E-state index is 13.9. The van der Waals surface area contributed by atoms with Gasteiger partial charge in [0, 0.05) is 5.56 Å². The van der Waals surface area contributed by atoms with Crippen LogP contribution in [0.2, 0.25) is 0 Å². The van der Waals surface area contributed by atoms with E-state index in [1.165, 1.54) is 18.4 Å². The number of thiazole rings is 1. The van der Waals surface area contributed by atoms with Gasteiger partial charge in [0.15, 0.2) is 16.3 Å². The minimum Gasteiger partial charge on any atom is -0.490 e. The Balaban J connectivity index is 1.96. The molecule has 0 N–H and O–H groups in total. The van der Waals surface area contributed by atoms with Crippen molar-refractivity contribution in [1.29, 1.82) is 0 Å². The fourth-order valence-corrected chi connectivity index (χ4v) is 5.63. The molecule has 1 aliphatic heterocycles. The van der Waals surface area contributed by atoms with Crippen molar-refractivity contribution in [3.05, 3.63) is 103 Å². The second kappa shape index (κ2) is 12.1. The lowest BCUT2D eigenvalue weighted by atomic mass is 9.95. The zero-order chi connectivity index (χ0) is 27.2. The number of ether oxygens (including phenoxy) is 3. The van der Waals surface area contributed by atoms with Crippen LogP contribution in [-0.4, -0.2) is 30.9 Å². The van der Waals surface area contributed by atoms with E-state index in [0.29, 0.717) is 58.2 Å². The molecule has 1 atom stereocenters. The Morgan fingerprint density at radius 1 is 1.13 bits per heavy atom. The fourth-order valence-electron chi connectivity index (χ4n) is 4.61. The topological polar surface area (TPSA) is 79.1 Å². The third-order valence-corrected chi connectivity index (χ3v) is 7.15. The first-order chi connectivity index (χ1) is 18.5. The molecule has 0 fully saturated rings. The van der Waals surface area contributed by atoms with E-state index in [0.717, 1.165) is 16.7 Å². The highest BCUT2D eigenvalue weighted by Gasteiger charge is 2.33. The van der Waals surface area contributed by atoms with E-state index in [1.54, 1.807) is 4.57 Å². The van der Waals surface area contributed by atoms with Crippen molar-refractivity contribution in [2.75, 3.05) is 20.3 Å². The third kappa shape index (κ3) is 5.22. The summed E-state index contributed by atoms with van der Waals surface area (Å²) < 4.78 is 19.0. The summed E-state index contributed by atoms with van der Waals surface area (Å²) in [5.41, 5.74) is 3.32. The number of hydrogen-bond acceptors (Lipinski definition) is 7. The number of carbonyl (C=O) groups excluding carboxylic acids is 1. The molecule has 198 valence electrons. The largest absolute Gasteiger partial charge is 0.490 e. The van der Waals surface area contributed by atoms with Crippen molar-refractivity contribution < 1.29 is 19.0 Å². The van der Waals surface area contributed by atoms with Crippen LogP contribution in [0.25, 0.3) is 6.08 Å². The molecule has 0 unspecified atom stereocenters. The molecule has 1 aliphatic rings. The molecule has 2 heterocycles. The molecular weight excluding hydrogens is 500 g/mol. The monoisotopic (exact) mass is 532 g/mol. The van der Waals surface area contributed by atoms with E-state index < -0.39 is 12.0 Å². The van der Waals surface area contributed by atoms with Gasteiger partial charge in [0.1, 0.15) is 0 Å². The molecule has 38 heavy (non-hydrogen) atoms. The predicted octanol–water partition coefficient (Wildman–Crippen LogP) is 4.32. The van der Waals surface area contributed by atoms with Crippen LogP contribution in [0.4, 0.5) is 0 Å². The van der Waals surface area contributed by atoms with Gasteiger partial charge in [-0.1, -0.05) is 54.7 Å². The van der Waals surface area contributed by atoms with E-state index in [1.807, 2.05) is 75.4 Å². The summed E-state index contributed by atoms with van der Waals surface area (Å²) in [7, 11) is 1.35. The summed E-state index contributed by atoms with van der Waals surface area (Å²) in [5, 5.41) is 0. The van der Waals surface area contributed by atoms with Gasteiger partial charge in [0.2, 0.25) is 0 Å². The highest BCUT2D eigenvalue weighted by atomic mass is 32.1. The van der Waals surface area contributed by atoms with Crippen molar-refractivity contribution in [2.45, 2.75) is 39.7 Å². The first-order valence-corrected chi connectivity index (χ1v) is 13.5. The molecular formula is C30H32N2O5S. The number of fused-ring (bicyclic) bond motifs is 1. The van der Waals surface area contributed by atoms with Crippen molar-refractivity contribution in [3.63, 3.8) is 0 Å².